The molecule has 31 heavy (non-hydrogen) atoms. The lowest BCUT2D eigenvalue weighted by molar-refractivity contribution is -0.133. The zero-order chi connectivity index (χ0) is 21.8. The van der Waals surface area contributed by atoms with Crippen molar-refractivity contribution in [1.29, 1.82) is 0 Å². The van der Waals surface area contributed by atoms with Gasteiger partial charge < -0.3 is 15.5 Å². The van der Waals surface area contributed by atoms with Gasteiger partial charge in [-0.1, -0.05) is 24.3 Å². The van der Waals surface area contributed by atoms with E-state index in [1.165, 1.54) is 12.1 Å². The predicted molar refractivity (Wildman–Crippen MR) is 114 cm³/mol. The predicted octanol–water partition coefficient (Wildman–Crippen LogP) is 2.00. The molecule has 0 aromatic heterocycles. The van der Waals surface area contributed by atoms with Crippen molar-refractivity contribution in [2.24, 2.45) is 0 Å². The van der Waals surface area contributed by atoms with Crippen LogP contribution in [0.2, 0.25) is 0 Å². The first kappa shape index (κ1) is 21.0. The molecule has 1 atom stereocenters. The van der Waals surface area contributed by atoms with Crippen molar-refractivity contribution in [2.45, 2.75) is 25.4 Å². The number of halogens is 1. The van der Waals surface area contributed by atoms with Gasteiger partial charge in [0.15, 0.2) is 0 Å². The van der Waals surface area contributed by atoms with Crippen molar-refractivity contribution in [3.8, 4) is 0 Å². The molecule has 1 saturated heterocycles. The van der Waals surface area contributed by atoms with Crippen molar-refractivity contribution < 1.29 is 18.8 Å². The minimum Gasteiger partial charge on any atom is -0.340 e. The number of rotatable bonds is 5. The molecule has 162 valence electrons. The fourth-order valence-electron chi connectivity index (χ4n) is 3.94. The molecule has 0 radical (unpaired) electrons. The van der Waals surface area contributed by atoms with Gasteiger partial charge in [0.25, 0.3) is 5.91 Å². The van der Waals surface area contributed by atoms with Crippen LogP contribution in [0.3, 0.4) is 0 Å². The first-order valence-corrected chi connectivity index (χ1v) is 10.4. The molecular formula is C23H25FN4O3. The van der Waals surface area contributed by atoms with Crippen LogP contribution >= 0.6 is 0 Å². The Morgan fingerprint density at radius 1 is 1.00 bits per heavy atom. The van der Waals surface area contributed by atoms with Crippen LogP contribution < -0.4 is 10.6 Å². The first-order chi connectivity index (χ1) is 15.0. The van der Waals surface area contributed by atoms with Gasteiger partial charge >= 0.3 is 0 Å². The lowest BCUT2D eigenvalue weighted by atomic mass is 10.1. The first-order valence-electron chi connectivity index (χ1n) is 10.4. The van der Waals surface area contributed by atoms with Gasteiger partial charge in [-0.3, -0.25) is 19.3 Å². The molecule has 0 spiro atoms. The summed E-state index contributed by atoms with van der Waals surface area (Å²) in [6.07, 6.45) is 0.437. The Balaban J connectivity index is 1.25. The number of nitrogens with one attached hydrogen (secondary N) is 2. The number of amides is 3. The molecule has 2 aliphatic heterocycles. The molecule has 8 heteroatoms. The molecule has 2 heterocycles. The number of carbonyl (C=O) groups excluding carboxylic acids is 3. The zero-order valence-corrected chi connectivity index (χ0v) is 17.1. The fraction of sp³-hybridized carbons (Fsp3) is 0.348. The van der Waals surface area contributed by atoms with Crippen LogP contribution in [0.25, 0.3) is 0 Å². The zero-order valence-electron chi connectivity index (χ0n) is 17.1. The van der Waals surface area contributed by atoms with E-state index in [0.29, 0.717) is 24.3 Å². The quantitative estimate of drug-likeness (QED) is 0.769. The minimum atomic E-state index is -0.747. The number of carbonyl (C=O) groups is 3. The van der Waals surface area contributed by atoms with Crippen molar-refractivity contribution >= 4 is 23.4 Å². The summed E-state index contributed by atoms with van der Waals surface area (Å²) in [7, 11) is 0. The Bertz CT molecular complexity index is 971. The molecule has 2 aromatic rings. The summed E-state index contributed by atoms with van der Waals surface area (Å²) in [5.41, 5.74) is 1.94. The Morgan fingerprint density at radius 2 is 1.71 bits per heavy atom. The Morgan fingerprint density at radius 3 is 2.45 bits per heavy atom. The lowest BCUT2D eigenvalue weighted by Gasteiger charge is -2.35. The summed E-state index contributed by atoms with van der Waals surface area (Å²) in [6, 6.07) is 12.6. The van der Waals surface area contributed by atoms with E-state index < -0.39 is 6.04 Å². The Labute approximate surface area is 180 Å². The van der Waals surface area contributed by atoms with Crippen molar-refractivity contribution in [3.05, 3.63) is 65.5 Å². The van der Waals surface area contributed by atoms with Gasteiger partial charge in [0.2, 0.25) is 11.8 Å². The van der Waals surface area contributed by atoms with Gasteiger partial charge in [-0.15, -0.1) is 0 Å². The van der Waals surface area contributed by atoms with Crippen molar-refractivity contribution in [1.82, 2.24) is 15.1 Å². The number of hydrogen-bond donors (Lipinski definition) is 2. The molecule has 1 fully saturated rings. The molecule has 7 nitrogen and oxygen atoms in total. The van der Waals surface area contributed by atoms with E-state index in [0.717, 1.165) is 25.2 Å². The maximum atomic E-state index is 13.0. The van der Waals surface area contributed by atoms with Gasteiger partial charge in [0.1, 0.15) is 11.9 Å². The van der Waals surface area contributed by atoms with Crippen LogP contribution in [0.1, 0.15) is 28.8 Å². The number of benzene rings is 2. The van der Waals surface area contributed by atoms with Crippen LogP contribution in [0.4, 0.5) is 10.1 Å². The smallest absolute Gasteiger partial charge is 0.254 e. The van der Waals surface area contributed by atoms with Crippen LogP contribution in [0.5, 0.6) is 0 Å². The van der Waals surface area contributed by atoms with Crippen molar-refractivity contribution in [3.63, 3.8) is 0 Å². The van der Waals surface area contributed by atoms with E-state index in [9.17, 15) is 18.8 Å². The summed E-state index contributed by atoms with van der Waals surface area (Å²) in [5, 5.41) is 5.49. The van der Waals surface area contributed by atoms with Gasteiger partial charge in [0, 0.05) is 39.1 Å². The molecule has 4 rings (SSSR count). The van der Waals surface area contributed by atoms with E-state index in [1.807, 2.05) is 0 Å². The number of piperazine rings is 1. The standard InChI is InChI=1S/C23H25FN4O3/c24-17-7-5-16(6-8-17)15-27-11-13-28(14-12-27)21(29)10-9-20-23(31)25-19-4-2-1-3-18(19)22(30)26-20/h1-8,20H,9-15H2,(H,25,31)(H,26,30). The van der Waals surface area contributed by atoms with E-state index in [-0.39, 0.29) is 36.4 Å². The van der Waals surface area contributed by atoms with Gasteiger partial charge in [-0.2, -0.15) is 0 Å². The molecule has 3 amide bonds. The number of para-hydroxylation sites is 1. The summed E-state index contributed by atoms with van der Waals surface area (Å²) in [6.45, 7) is 3.40. The highest BCUT2D eigenvalue weighted by Gasteiger charge is 2.29. The van der Waals surface area contributed by atoms with E-state index in [4.69, 9.17) is 0 Å². The van der Waals surface area contributed by atoms with Gasteiger partial charge in [0.05, 0.1) is 11.3 Å². The second-order valence-electron chi connectivity index (χ2n) is 7.88. The molecule has 2 N–H and O–H groups in total. The monoisotopic (exact) mass is 424 g/mol. The molecular weight excluding hydrogens is 399 g/mol. The normalized spacial score (nSPS) is 19.3. The number of anilines is 1. The van der Waals surface area contributed by atoms with Crippen molar-refractivity contribution in [2.75, 3.05) is 31.5 Å². The number of fused-ring (bicyclic) bond motifs is 1. The SMILES string of the molecule is O=C1NC(CCC(=O)N2CCN(Cc3ccc(F)cc3)CC2)C(=O)Nc2ccccc21. The maximum absolute atomic E-state index is 13.0. The molecule has 0 saturated carbocycles. The molecule has 0 bridgehead atoms. The summed E-state index contributed by atoms with van der Waals surface area (Å²) >= 11 is 0. The molecule has 1 unspecified atom stereocenters. The summed E-state index contributed by atoms with van der Waals surface area (Å²) in [4.78, 5) is 41.5. The molecule has 0 aliphatic carbocycles. The van der Waals surface area contributed by atoms with Gasteiger partial charge in [-0.05, 0) is 36.2 Å². The highest BCUT2D eigenvalue weighted by Crippen LogP contribution is 2.19. The number of nitrogens with zero attached hydrogens (tertiary/aromatic N) is 2. The average Bonchev–Trinajstić information content (AvgIpc) is 2.90. The van der Waals surface area contributed by atoms with Crippen LogP contribution in [0, 0.1) is 5.82 Å². The number of hydrogen-bond acceptors (Lipinski definition) is 4. The van der Waals surface area contributed by atoms with Crippen LogP contribution in [0.15, 0.2) is 48.5 Å². The van der Waals surface area contributed by atoms with Gasteiger partial charge in [-0.25, -0.2) is 4.39 Å². The molecule has 2 aliphatic rings. The summed E-state index contributed by atoms with van der Waals surface area (Å²) < 4.78 is 13.0. The fourth-order valence-corrected chi connectivity index (χ4v) is 3.94. The van der Waals surface area contributed by atoms with Crippen LogP contribution in [-0.2, 0) is 16.1 Å². The Kier molecular flexibility index (Phi) is 6.27. The van der Waals surface area contributed by atoms with E-state index in [1.54, 1.807) is 41.3 Å². The second kappa shape index (κ2) is 9.26. The lowest BCUT2D eigenvalue weighted by Crippen LogP contribution is -2.49. The third kappa shape index (κ3) is 5.08. The maximum Gasteiger partial charge on any atom is 0.254 e. The highest BCUT2D eigenvalue weighted by molar-refractivity contribution is 6.09. The van der Waals surface area contributed by atoms with E-state index in [2.05, 4.69) is 15.5 Å². The molecule has 2 aromatic carbocycles. The largest absolute Gasteiger partial charge is 0.340 e. The average molecular weight is 424 g/mol. The third-order valence-electron chi connectivity index (χ3n) is 5.74. The topological polar surface area (TPSA) is 81.8 Å². The third-order valence-corrected chi connectivity index (χ3v) is 5.74. The Hall–Kier alpha value is -3.26. The van der Waals surface area contributed by atoms with E-state index >= 15 is 0 Å². The summed E-state index contributed by atoms with van der Waals surface area (Å²) in [5.74, 6) is -0.900. The van der Waals surface area contributed by atoms with Crippen LogP contribution in [-0.4, -0.2) is 59.7 Å². The highest BCUT2D eigenvalue weighted by atomic mass is 19.1. The minimum absolute atomic E-state index is 0.0229. The second-order valence-corrected chi connectivity index (χ2v) is 7.88.